The molecule has 0 aliphatic rings. The highest BCUT2D eigenvalue weighted by molar-refractivity contribution is 6.06. The first-order valence-electron chi connectivity index (χ1n) is 11.5. The van der Waals surface area contributed by atoms with E-state index in [1.165, 1.54) is 25.1 Å². The monoisotopic (exact) mass is 491 g/mol. The summed E-state index contributed by atoms with van der Waals surface area (Å²) in [5.74, 6) is -1.54. The van der Waals surface area contributed by atoms with E-state index < -0.39 is 17.7 Å². The lowest BCUT2D eigenvalue weighted by molar-refractivity contribution is -0.131. The zero-order chi connectivity index (χ0) is 26.3. The Hall–Kier alpha value is -4.04. The lowest BCUT2D eigenvalue weighted by Gasteiger charge is -2.32. The van der Waals surface area contributed by atoms with Crippen LogP contribution in [0.1, 0.15) is 47.1 Å². The minimum Gasteiger partial charge on any atom is -0.426 e. The van der Waals surface area contributed by atoms with Crippen LogP contribution >= 0.6 is 0 Å². The SMILES string of the molecule is CC(=O)Oc1ccccc1C(=O)Nc1ccc(CN(CC(C)(C)CN)C(=O)c2cccc(F)c2)cc1. The number of ether oxygens (including phenoxy) is 1. The number of carbonyl (C=O) groups excluding carboxylic acids is 3. The molecule has 3 rings (SSSR count). The molecule has 0 radical (unpaired) electrons. The minimum atomic E-state index is -0.519. The smallest absolute Gasteiger partial charge is 0.308 e. The number of anilines is 1. The van der Waals surface area contributed by atoms with Crippen LogP contribution in [0.2, 0.25) is 0 Å². The zero-order valence-electron chi connectivity index (χ0n) is 20.6. The first kappa shape index (κ1) is 26.6. The summed E-state index contributed by atoms with van der Waals surface area (Å²) in [6, 6.07) is 19.1. The van der Waals surface area contributed by atoms with Gasteiger partial charge in [-0.1, -0.05) is 44.2 Å². The second-order valence-electron chi connectivity index (χ2n) is 9.28. The average Bonchev–Trinajstić information content (AvgIpc) is 2.84. The summed E-state index contributed by atoms with van der Waals surface area (Å²) in [4.78, 5) is 38.9. The number of esters is 1. The first-order valence-corrected chi connectivity index (χ1v) is 11.5. The lowest BCUT2D eigenvalue weighted by atomic mass is 9.92. The second-order valence-corrected chi connectivity index (χ2v) is 9.28. The van der Waals surface area contributed by atoms with Crippen molar-refractivity contribution in [1.29, 1.82) is 0 Å². The number of hydrogen-bond donors (Lipinski definition) is 2. The maximum atomic E-state index is 13.7. The van der Waals surface area contributed by atoms with E-state index in [0.717, 1.165) is 5.56 Å². The Balaban J connectivity index is 1.76. The van der Waals surface area contributed by atoms with Gasteiger partial charge in [0, 0.05) is 31.3 Å². The predicted molar refractivity (Wildman–Crippen MR) is 136 cm³/mol. The van der Waals surface area contributed by atoms with E-state index in [1.807, 2.05) is 13.8 Å². The fourth-order valence-corrected chi connectivity index (χ4v) is 3.60. The molecule has 3 aromatic rings. The van der Waals surface area contributed by atoms with Crippen molar-refractivity contribution in [3.63, 3.8) is 0 Å². The van der Waals surface area contributed by atoms with E-state index in [1.54, 1.807) is 59.5 Å². The first-order chi connectivity index (χ1) is 17.1. The normalized spacial score (nSPS) is 11.0. The third kappa shape index (κ3) is 7.23. The quantitative estimate of drug-likeness (QED) is 0.336. The highest BCUT2D eigenvalue weighted by Crippen LogP contribution is 2.22. The largest absolute Gasteiger partial charge is 0.426 e. The van der Waals surface area contributed by atoms with Crippen molar-refractivity contribution in [2.75, 3.05) is 18.4 Å². The summed E-state index contributed by atoms with van der Waals surface area (Å²) in [5.41, 5.74) is 7.41. The van der Waals surface area contributed by atoms with Gasteiger partial charge < -0.3 is 20.7 Å². The summed E-state index contributed by atoms with van der Waals surface area (Å²) >= 11 is 0. The molecule has 0 aromatic heterocycles. The van der Waals surface area contributed by atoms with E-state index >= 15 is 0 Å². The molecular formula is C28H30FN3O4. The van der Waals surface area contributed by atoms with Crippen molar-refractivity contribution < 1.29 is 23.5 Å². The molecule has 7 nitrogen and oxygen atoms in total. The van der Waals surface area contributed by atoms with Crippen LogP contribution < -0.4 is 15.8 Å². The van der Waals surface area contributed by atoms with Crippen molar-refractivity contribution in [2.24, 2.45) is 11.1 Å². The van der Waals surface area contributed by atoms with E-state index in [9.17, 15) is 18.8 Å². The fourth-order valence-electron chi connectivity index (χ4n) is 3.60. The van der Waals surface area contributed by atoms with Crippen LogP contribution in [0.4, 0.5) is 10.1 Å². The standard InChI is InChI=1S/C28H30FN3O4/c1-19(33)36-25-10-5-4-9-24(25)26(34)31-23-13-11-20(12-14-23)16-32(18-28(2,3)17-30)27(35)21-7-6-8-22(29)15-21/h4-15H,16-18,30H2,1-3H3,(H,31,34). The number of hydrogen-bond acceptors (Lipinski definition) is 5. The minimum absolute atomic E-state index is 0.174. The number of rotatable bonds is 9. The number of amides is 2. The van der Waals surface area contributed by atoms with Gasteiger partial charge in [0.25, 0.3) is 11.8 Å². The summed E-state index contributed by atoms with van der Waals surface area (Å²) < 4.78 is 18.8. The number of carbonyl (C=O) groups is 3. The highest BCUT2D eigenvalue weighted by Gasteiger charge is 2.25. The molecule has 0 fully saturated rings. The number of para-hydroxylation sites is 1. The van der Waals surface area contributed by atoms with E-state index in [4.69, 9.17) is 10.5 Å². The molecule has 0 saturated heterocycles. The van der Waals surface area contributed by atoms with Crippen LogP contribution in [-0.2, 0) is 11.3 Å². The van der Waals surface area contributed by atoms with Crippen molar-refractivity contribution in [2.45, 2.75) is 27.3 Å². The topological polar surface area (TPSA) is 102 Å². The third-order valence-corrected chi connectivity index (χ3v) is 5.50. The maximum absolute atomic E-state index is 13.7. The van der Waals surface area contributed by atoms with Crippen LogP contribution in [0.3, 0.4) is 0 Å². The molecule has 0 aliphatic carbocycles. The van der Waals surface area contributed by atoms with Gasteiger partial charge in [-0.05, 0) is 60.0 Å². The number of halogens is 1. The Morgan fingerprint density at radius 2 is 1.69 bits per heavy atom. The number of nitrogens with one attached hydrogen (secondary N) is 1. The van der Waals surface area contributed by atoms with Gasteiger partial charge >= 0.3 is 5.97 Å². The zero-order valence-corrected chi connectivity index (χ0v) is 20.6. The molecule has 188 valence electrons. The Morgan fingerprint density at radius 1 is 1.00 bits per heavy atom. The van der Waals surface area contributed by atoms with Crippen LogP contribution in [0, 0.1) is 11.2 Å². The van der Waals surface area contributed by atoms with E-state index in [-0.39, 0.29) is 34.7 Å². The van der Waals surface area contributed by atoms with Gasteiger partial charge in [0.1, 0.15) is 11.6 Å². The molecule has 0 saturated carbocycles. The molecule has 3 N–H and O–H groups in total. The van der Waals surface area contributed by atoms with Crippen LogP contribution in [0.25, 0.3) is 0 Å². The molecule has 0 atom stereocenters. The van der Waals surface area contributed by atoms with Gasteiger partial charge in [0.05, 0.1) is 5.56 Å². The van der Waals surface area contributed by atoms with Gasteiger partial charge in [-0.3, -0.25) is 14.4 Å². The Kier molecular flexibility index (Phi) is 8.55. The predicted octanol–water partition coefficient (Wildman–Crippen LogP) is 4.63. The van der Waals surface area contributed by atoms with Gasteiger partial charge in [0.2, 0.25) is 0 Å². The fraction of sp³-hybridized carbons (Fsp3) is 0.250. The Labute approximate surface area is 210 Å². The van der Waals surface area contributed by atoms with E-state index in [2.05, 4.69) is 5.32 Å². The van der Waals surface area contributed by atoms with Gasteiger partial charge in [-0.15, -0.1) is 0 Å². The molecule has 8 heteroatoms. The lowest BCUT2D eigenvalue weighted by Crippen LogP contribution is -2.41. The Bertz CT molecular complexity index is 1240. The molecule has 3 aromatic carbocycles. The summed E-state index contributed by atoms with van der Waals surface area (Å²) in [5, 5.41) is 2.79. The summed E-state index contributed by atoms with van der Waals surface area (Å²) in [6.07, 6.45) is 0. The van der Waals surface area contributed by atoms with E-state index in [0.29, 0.717) is 18.8 Å². The van der Waals surface area contributed by atoms with Crippen molar-refractivity contribution in [3.05, 3.63) is 95.3 Å². The summed E-state index contributed by atoms with van der Waals surface area (Å²) in [7, 11) is 0. The number of nitrogens with two attached hydrogens (primary N) is 1. The van der Waals surface area contributed by atoms with Crippen molar-refractivity contribution in [3.8, 4) is 5.75 Å². The van der Waals surface area contributed by atoms with Crippen molar-refractivity contribution >= 4 is 23.5 Å². The molecule has 0 heterocycles. The van der Waals surface area contributed by atoms with Crippen molar-refractivity contribution in [1.82, 2.24) is 4.90 Å². The maximum Gasteiger partial charge on any atom is 0.308 e. The molecule has 0 aliphatic heterocycles. The van der Waals surface area contributed by atoms with Gasteiger partial charge in [0.15, 0.2) is 0 Å². The molecule has 2 amide bonds. The van der Waals surface area contributed by atoms with Gasteiger partial charge in [-0.25, -0.2) is 4.39 Å². The molecule has 0 unspecified atom stereocenters. The molecular weight excluding hydrogens is 461 g/mol. The highest BCUT2D eigenvalue weighted by atomic mass is 19.1. The average molecular weight is 492 g/mol. The molecule has 0 bridgehead atoms. The van der Waals surface area contributed by atoms with Crippen LogP contribution in [0.15, 0.2) is 72.8 Å². The number of nitrogens with zero attached hydrogens (tertiary/aromatic N) is 1. The second kappa shape index (κ2) is 11.6. The van der Waals surface area contributed by atoms with Crippen LogP contribution in [0.5, 0.6) is 5.75 Å². The Morgan fingerprint density at radius 3 is 2.33 bits per heavy atom. The third-order valence-electron chi connectivity index (χ3n) is 5.50. The van der Waals surface area contributed by atoms with Gasteiger partial charge in [-0.2, -0.15) is 0 Å². The number of benzene rings is 3. The van der Waals surface area contributed by atoms with Crippen LogP contribution in [-0.4, -0.2) is 35.8 Å². The summed E-state index contributed by atoms with van der Waals surface area (Å²) in [6.45, 7) is 6.23. The molecule has 36 heavy (non-hydrogen) atoms. The molecule has 0 spiro atoms.